The van der Waals surface area contributed by atoms with Crippen molar-refractivity contribution in [1.29, 1.82) is 0 Å². The second kappa shape index (κ2) is 6.26. The average Bonchev–Trinajstić information content (AvgIpc) is 2.42. The van der Waals surface area contributed by atoms with Gasteiger partial charge in [0.1, 0.15) is 5.82 Å². The van der Waals surface area contributed by atoms with Crippen LogP contribution in [0.25, 0.3) is 0 Å². The molecule has 1 aromatic carbocycles. The van der Waals surface area contributed by atoms with Gasteiger partial charge in [-0.05, 0) is 60.7 Å². The van der Waals surface area contributed by atoms with Crippen LogP contribution in [0, 0.1) is 5.82 Å². The highest BCUT2D eigenvalue weighted by molar-refractivity contribution is 5.21. The molecule has 0 saturated heterocycles. The van der Waals surface area contributed by atoms with Crippen molar-refractivity contribution < 1.29 is 4.39 Å². The fourth-order valence-electron chi connectivity index (χ4n) is 2.05. The lowest BCUT2D eigenvalue weighted by Gasteiger charge is -2.15. The fourth-order valence-corrected chi connectivity index (χ4v) is 2.05. The summed E-state index contributed by atoms with van der Waals surface area (Å²) in [5, 5.41) is 0. The van der Waals surface area contributed by atoms with Gasteiger partial charge in [-0.15, -0.1) is 0 Å². The van der Waals surface area contributed by atoms with E-state index < -0.39 is 0 Å². The number of benzene rings is 1. The Hall–Kier alpha value is -1.74. The topological polar surface area (TPSA) is 38.9 Å². The molecule has 0 aliphatic carbocycles. The van der Waals surface area contributed by atoms with E-state index in [0.29, 0.717) is 6.54 Å². The van der Waals surface area contributed by atoms with Crippen LogP contribution in [-0.2, 0) is 6.42 Å². The zero-order chi connectivity index (χ0) is 12.8. The summed E-state index contributed by atoms with van der Waals surface area (Å²) in [6.07, 6.45) is 5.52. The number of aryl methyl sites for hydroxylation is 1. The van der Waals surface area contributed by atoms with E-state index in [0.717, 1.165) is 18.4 Å². The molecule has 2 nitrogen and oxygen atoms in total. The Balaban J connectivity index is 1.99. The average molecular weight is 244 g/mol. The monoisotopic (exact) mass is 244 g/mol. The van der Waals surface area contributed by atoms with Gasteiger partial charge in [0.25, 0.3) is 0 Å². The van der Waals surface area contributed by atoms with Crippen LogP contribution in [-0.4, -0.2) is 11.5 Å². The summed E-state index contributed by atoms with van der Waals surface area (Å²) in [7, 11) is 0. The van der Waals surface area contributed by atoms with Crippen molar-refractivity contribution in [3.8, 4) is 0 Å². The lowest BCUT2D eigenvalue weighted by atomic mass is 9.93. The normalized spacial score (nSPS) is 12.3. The lowest BCUT2D eigenvalue weighted by Crippen LogP contribution is -2.13. The number of halogens is 1. The third-order valence-electron chi connectivity index (χ3n) is 3.16. The van der Waals surface area contributed by atoms with Crippen molar-refractivity contribution in [2.45, 2.75) is 18.8 Å². The molecule has 3 heteroatoms. The summed E-state index contributed by atoms with van der Waals surface area (Å²) in [5.74, 6) is 0.0717. The van der Waals surface area contributed by atoms with Gasteiger partial charge in [0.2, 0.25) is 0 Å². The molecular weight excluding hydrogens is 227 g/mol. The van der Waals surface area contributed by atoms with E-state index in [9.17, 15) is 4.39 Å². The third kappa shape index (κ3) is 3.37. The molecule has 1 aromatic heterocycles. The first-order valence-corrected chi connectivity index (χ1v) is 6.14. The van der Waals surface area contributed by atoms with Crippen LogP contribution < -0.4 is 5.73 Å². The molecule has 0 fully saturated rings. The zero-order valence-electron chi connectivity index (χ0n) is 10.2. The third-order valence-corrected chi connectivity index (χ3v) is 3.16. The van der Waals surface area contributed by atoms with Gasteiger partial charge in [0, 0.05) is 12.4 Å². The van der Waals surface area contributed by atoms with Crippen LogP contribution in [0.3, 0.4) is 0 Å². The number of hydrogen-bond donors (Lipinski definition) is 1. The highest BCUT2D eigenvalue weighted by Crippen LogP contribution is 2.21. The number of nitrogens with zero attached hydrogens (tertiary/aromatic N) is 1. The van der Waals surface area contributed by atoms with Crippen LogP contribution in [0.1, 0.15) is 23.5 Å². The maximum absolute atomic E-state index is 12.9. The van der Waals surface area contributed by atoms with Crippen LogP contribution in [0.2, 0.25) is 0 Å². The fraction of sp³-hybridized carbons (Fsp3) is 0.267. The molecule has 2 N–H and O–H groups in total. The Morgan fingerprint density at radius 1 is 1.06 bits per heavy atom. The standard InChI is InChI=1S/C15H17FN2/c16-15-5-3-13(4-6-15)14(11-17)2-1-12-7-9-18-10-8-12/h3-10,14H,1-2,11,17H2. The summed E-state index contributed by atoms with van der Waals surface area (Å²) < 4.78 is 12.9. The number of aromatic nitrogens is 1. The van der Waals surface area contributed by atoms with Crippen molar-refractivity contribution in [1.82, 2.24) is 4.98 Å². The molecule has 1 atom stereocenters. The molecular formula is C15H17FN2. The van der Waals surface area contributed by atoms with Crippen molar-refractivity contribution in [2.75, 3.05) is 6.54 Å². The number of pyridine rings is 1. The summed E-state index contributed by atoms with van der Waals surface area (Å²) in [6, 6.07) is 10.6. The van der Waals surface area contributed by atoms with Gasteiger partial charge < -0.3 is 5.73 Å². The van der Waals surface area contributed by atoms with Gasteiger partial charge in [0.15, 0.2) is 0 Å². The Labute approximate surface area is 107 Å². The van der Waals surface area contributed by atoms with E-state index >= 15 is 0 Å². The van der Waals surface area contributed by atoms with Crippen LogP contribution in [0.15, 0.2) is 48.8 Å². The molecule has 18 heavy (non-hydrogen) atoms. The summed E-state index contributed by atoms with van der Waals surface area (Å²) in [5.41, 5.74) is 8.16. The van der Waals surface area contributed by atoms with Gasteiger partial charge in [-0.2, -0.15) is 0 Å². The molecule has 0 amide bonds. The summed E-state index contributed by atoms with van der Waals surface area (Å²) >= 11 is 0. The van der Waals surface area contributed by atoms with Gasteiger partial charge in [-0.1, -0.05) is 12.1 Å². The lowest BCUT2D eigenvalue weighted by molar-refractivity contribution is 0.614. The number of hydrogen-bond acceptors (Lipinski definition) is 2. The Kier molecular flexibility index (Phi) is 4.42. The smallest absolute Gasteiger partial charge is 0.123 e. The molecule has 0 bridgehead atoms. The maximum Gasteiger partial charge on any atom is 0.123 e. The summed E-state index contributed by atoms with van der Waals surface area (Å²) in [4.78, 5) is 3.99. The molecule has 2 rings (SSSR count). The van der Waals surface area contributed by atoms with E-state index in [2.05, 4.69) is 4.98 Å². The molecule has 2 aromatic rings. The molecule has 1 unspecified atom stereocenters. The molecule has 0 radical (unpaired) electrons. The Morgan fingerprint density at radius 3 is 2.33 bits per heavy atom. The van der Waals surface area contributed by atoms with Crippen molar-refractivity contribution in [3.05, 3.63) is 65.7 Å². The minimum absolute atomic E-state index is 0.205. The predicted octanol–water partition coefficient (Wildman–Crippen LogP) is 2.90. The van der Waals surface area contributed by atoms with E-state index in [1.807, 2.05) is 24.3 Å². The first-order valence-electron chi connectivity index (χ1n) is 6.14. The van der Waals surface area contributed by atoms with Gasteiger partial charge in [-0.25, -0.2) is 4.39 Å². The molecule has 0 saturated carbocycles. The predicted molar refractivity (Wildman–Crippen MR) is 70.8 cm³/mol. The van der Waals surface area contributed by atoms with E-state index in [4.69, 9.17) is 5.73 Å². The molecule has 1 heterocycles. The summed E-state index contributed by atoms with van der Waals surface area (Å²) in [6.45, 7) is 0.580. The highest BCUT2D eigenvalue weighted by atomic mass is 19.1. The van der Waals surface area contributed by atoms with Crippen LogP contribution in [0.4, 0.5) is 4.39 Å². The molecule has 0 aliphatic heterocycles. The number of rotatable bonds is 5. The Morgan fingerprint density at radius 2 is 1.72 bits per heavy atom. The SMILES string of the molecule is NCC(CCc1ccncc1)c1ccc(F)cc1. The van der Waals surface area contributed by atoms with Crippen molar-refractivity contribution in [2.24, 2.45) is 5.73 Å². The largest absolute Gasteiger partial charge is 0.330 e. The van der Waals surface area contributed by atoms with E-state index in [-0.39, 0.29) is 11.7 Å². The van der Waals surface area contributed by atoms with Crippen LogP contribution >= 0.6 is 0 Å². The quantitative estimate of drug-likeness (QED) is 0.878. The van der Waals surface area contributed by atoms with Gasteiger partial charge in [-0.3, -0.25) is 4.98 Å². The first kappa shape index (κ1) is 12.7. The number of nitrogens with two attached hydrogens (primary N) is 1. The minimum atomic E-state index is -0.205. The van der Waals surface area contributed by atoms with Crippen molar-refractivity contribution in [3.63, 3.8) is 0 Å². The van der Waals surface area contributed by atoms with Crippen LogP contribution in [0.5, 0.6) is 0 Å². The highest BCUT2D eigenvalue weighted by Gasteiger charge is 2.09. The minimum Gasteiger partial charge on any atom is -0.330 e. The first-order chi connectivity index (χ1) is 8.79. The van der Waals surface area contributed by atoms with Crippen molar-refractivity contribution >= 4 is 0 Å². The second-order valence-corrected chi connectivity index (χ2v) is 4.38. The molecule has 94 valence electrons. The second-order valence-electron chi connectivity index (χ2n) is 4.38. The molecule has 0 spiro atoms. The zero-order valence-corrected chi connectivity index (χ0v) is 10.2. The molecule has 0 aliphatic rings. The van der Waals surface area contributed by atoms with Gasteiger partial charge in [0.05, 0.1) is 0 Å². The van der Waals surface area contributed by atoms with E-state index in [1.165, 1.54) is 17.7 Å². The van der Waals surface area contributed by atoms with Gasteiger partial charge >= 0.3 is 0 Å². The van der Waals surface area contributed by atoms with E-state index in [1.54, 1.807) is 12.4 Å². The Bertz CT molecular complexity index is 468. The maximum atomic E-state index is 12.9.